The zero-order chi connectivity index (χ0) is 10.1. The van der Waals surface area contributed by atoms with Crippen molar-refractivity contribution in [3.63, 3.8) is 0 Å². The van der Waals surface area contributed by atoms with Gasteiger partial charge in [-0.05, 0) is 37.5 Å². The van der Waals surface area contributed by atoms with Gasteiger partial charge in [0.25, 0.3) is 0 Å². The fraction of sp³-hybridized carbons (Fsp3) is 0.417. The molecule has 2 heteroatoms. The second-order valence-corrected chi connectivity index (χ2v) is 3.81. The van der Waals surface area contributed by atoms with Crippen LogP contribution in [0.15, 0.2) is 18.5 Å². The van der Waals surface area contributed by atoms with Crippen molar-refractivity contribution in [2.75, 3.05) is 0 Å². The van der Waals surface area contributed by atoms with Gasteiger partial charge in [-0.1, -0.05) is 13.0 Å². The molecule has 74 valence electrons. The maximum absolute atomic E-state index is 4.46. The van der Waals surface area contributed by atoms with Crippen molar-refractivity contribution in [2.24, 2.45) is 0 Å². The second kappa shape index (κ2) is 3.45. The van der Waals surface area contributed by atoms with Crippen LogP contribution in [0.3, 0.4) is 0 Å². The minimum Gasteiger partial charge on any atom is -0.331 e. The molecule has 0 saturated heterocycles. The molecule has 0 spiro atoms. The Morgan fingerprint density at radius 2 is 2.07 bits per heavy atom. The minimum atomic E-state index is 1.05. The van der Waals surface area contributed by atoms with Crippen molar-refractivity contribution in [1.82, 2.24) is 9.55 Å². The molecule has 0 saturated carbocycles. The van der Waals surface area contributed by atoms with Crippen LogP contribution < -0.4 is 0 Å². The SMILES string of the molecule is CCCn1cnc2c(C)c(C)ccc21. The van der Waals surface area contributed by atoms with E-state index >= 15 is 0 Å². The summed E-state index contributed by atoms with van der Waals surface area (Å²) in [6.07, 6.45) is 3.10. The molecule has 1 heterocycles. The Hall–Kier alpha value is -1.31. The number of imidazole rings is 1. The van der Waals surface area contributed by atoms with Crippen molar-refractivity contribution in [3.05, 3.63) is 29.6 Å². The summed E-state index contributed by atoms with van der Waals surface area (Å²) < 4.78 is 2.22. The predicted molar refractivity (Wildman–Crippen MR) is 59.5 cm³/mol. The molecule has 2 rings (SSSR count). The fourth-order valence-electron chi connectivity index (χ4n) is 1.79. The minimum absolute atomic E-state index is 1.05. The van der Waals surface area contributed by atoms with Crippen LogP contribution in [-0.4, -0.2) is 9.55 Å². The molecule has 0 bridgehead atoms. The number of nitrogens with zero attached hydrogens (tertiary/aromatic N) is 2. The van der Waals surface area contributed by atoms with Gasteiger partial charge in [-0.3, -0.25) is 0 Å². The lowest BCUT2D eigenvalue weighted by molar-refractivity contribution is 0.697. The van der Waals surface area contributed by atoms with E-state index in [2.05, 4.69) is 42.5 Å². The van der Waals surface area contributed by atoms with Crippen LogP contribution in [0.5, 0.6) is 0 Å². The average Bonchev–Trinajstić information content (AvgIpc) is 2.57. The molecular weight excluding hydrogens is 172 g/mol. The van der Waals surface area contributed by atoms with Gasteiger partial charge in [0, 0.05) is 6.54 Å². The Balaban J connectivity index is 2.64. The van der Waals surface area contributed by atoms with Gasteiger partial charge in [-0.2, -0.15) is 0 Å². The zero-order valence-corrected chi connectivity index (χ0v) is 9.04. The Morgan fingerprint density at radius 1 is 1.29 bits per heavy atom. The second-order valence-electron chi connectivity index (χ2n) is 3.81. The molecule has 2 nitrogen and oxygen atoms in total. The van der Waals surface area contributed by atoms with Gasteiger partial charge in [0.15, 0.2) is 0 Å². The molecule has 0 amide bonds. The molecule has 0 N–H and O–H groups in total. The lowest BCUT2D eigenvalue weighted by Gasteiger charge is -2.03. The molecule has 0 aliphatic rings. The first-order valence-corrected chi connectivity index (χ1v) is 5.15. The highest BCUT2D eigenvalue weighted by molar-refractivity contribution is 5.79. The normalized spacial score (nSPS) is 11.1. The van der Waals surface area contributed by atoms with Crippen molar-refractivity contribution in [3.8, 4) is 0 Å². The van der Waals surface area contributed by atoms with Gasteiger partial charge >= 0.3 is 0 Å². The number of rotatable bonds is 2. The molecule has 0 unspecified atom stereocenters. The third-order valence-electron chi connectivity index (χ3n) is 2.78. The van der Waals surface area contributed by atoms with Gasteiger partial charge in [0.05, 0.1) is 17.4 Å². The predicted octanol–water partition coefficient (Wildman–Crippen LogP) is 3.06. The van der Waals surface area contributed by atoms with Gasteiger partial charge in [0.2, 0.25) is 0 Å². The third kappa shape index (κ3) is 1.31. The van der Waals surface area contributed by atoms with E-state index in [1.54, 1.807) is 0 Å². The van der Waals surface area contributed by atoms with E-state index in [1.807, 2.05) is 6.33 Å². The van der Waals surface area contributed by atoms with E-state index in [1.165, 1.54) is 16.6 Å². The van der Waals surface area contributed by atoms with Crippen molar-refractivity contribution < 1.29 is 0 Å². The molecule has 0 radical (unpaired) electrons. The summed E-state index contributed by atoms with van der Waals surface area (Å²) in [5.74, 6) is 0. The van der Waals surface area contributed by atoms with E-state index in [9.17, 15) is 0 Å². The quantitative estimate of drug-likeness (QED) is 0.708. The topological polar surface area (TPSA) is 17.8 Å². The van der Waals surface area contributed by atoms with Gasteiger partial charge in [-0.25, -0.2) is 4.98 Å². The molecule has 0 fully saturated rings. The first-order valence-electron chi connectivity index (χ1n) is 5.15. The lowest BCUT2D eigenvalue weighted by atomic mass is 10.1. The van der Waals surface area contributed by atoms with E-state index in [4.69, 9.17) is 0 Å². The van der Waals surface area contributed by atoms with E-state index in [0.29, 0.717) is 0 Å². The standard InChI is InChI=1S/C12H16N2/c1-4-7-14-8-13-12-10(3)9(2)5-6-11(12)14/h5-6,8H,4,7H2,1-3H3. The van der Waals surface area contributed by atoms with E-state index in [-0.39, 0.29) is 0 Å². The Kier molecular flexibility index (Phi) is 2.28. The number of aryl methyl sites for hydroxylation is 3. The summed E-state index contributed by atoms with van der Waals surface area (Å²) in [7, 11) is 0. The van der Waals surface area contributed by atoms with E-state index in [0.717, 1.165) is 18.5 Å². The van der Waals surface area contributed by atoms with Crippen LogP contribution in [0.1, 0.15) is 24.5 Å². The highest BCUT2D eigenvalue weighted by atomic mass is 15.0. The Morgan fingerprint density at radius 3 is 2.79 bits per heavy atom. The summed E-state index contributed by atoms with van der Waals surface area (Å²) in [5, 5.41) is 0. The van der Waals surface area contributed by atoms with Crippen molar-refractivity contribution in [1.29, 1.82) is 0 Å². The van der Waals surface area contributed by atoms with Crippen LogP contribution >= 0.6 is 0 Å². The first-order chi connectivity index (χ1) is 6.74. The lowest BCUT2D eigenvalue weighted by Crippen LogP contribution is -1.94. The molecule has 0 atom stereocenters. The Labute approximate surface area is 84.6 Å². The monoisotopic (exact) mass is 188 g/mol. The average molecular weight is 188 g/mol. The number of hydrogen-bond acceptors (Lipinski definition) is 1. The molecule has 0 aliphatic heterocycles. The van der Waals surface area contributed by atoms with E-state index < -0.39 is 0 Å². The zero-order valence-electron chi connectivity index (χ0n) is 9.04. The number of fused-ring (bicyclic) bond motifs is 1. The molecule has 14 heavy (non-hydrogen) atoms. The highest BCUT2D eigenvalue weighted by Gasteiger charge is 2.05. The molecule has 2 aromatic rings. The molecule has 1 aromatic carbocycles. The summed E-state index contributed by atoms with van der Waals surface area (Å²) in [4.78, 5) is 4.46. The first kappa shape index (κ1) is 9.25. The van der Waals surface area contributed by atoms with Gasteiger partial charge < -0.3 is 4.57 Å². The fourth-order valence-corrected chi connectivity index (χ4v) is 1.79. The highest BCUT2D eigenvalue weighted by Crippen LogP contribution is 2.20. The molecule has 1 aromatic heterocycles. The summed E-state index contributed by atoms with van der Waals surface area (Å²) in [6, 6.07) is 4.34. The maximum Gasteiger partial charge on any atom is 0.0958 e. The summed E-state index contributed by atoms with van der Waals surface area (Å²) in [5.41, 5.74) is 5.03. The number of benzene rings is 1. The molecule has 0 aliphatic carbocycles. The van der Waals surface area contributed by atoms with Gasteiger partial charge in [0.1, 0.15) is 0 Å². The third-order valence-corrected chi connectivity index (χ3v) is 2.78. The largest absolute Gasteiger partial charge is 0.331 e. The summed E-state index contributed by atoms with van der Waals surface area (Å²) in [6.45, 7) is 7.51. The van der Waals surface area contributed by atoms with Gasteiger partial charge in [-0.15, -0.1) is 0 Å². The van der Waals surface area contributed by atoms with Crippen LogP contribution in [-0.2, 0) is 6.54 Å². The smallest absolute Gasteiger partial charge is 0.0958 e. The maximum atomic E-state index is 4.46. The summed E-state index contributed by atoms with van der Waals surface area (Å²) >= 11 is 0. The van der Waals surface area contributed by atoms with Crippen molar-refractivity contribution >= 4 is 11.0 Å². The van der Waals surface area contributed by atoms with Crippen molar-refractivity contribution in [2.45, 2.75) is 33.7 Å². The number of aromatic nitrogens is 2. The van der Waals surface area contributed by atoms with Crippen LogP contribution in [0.25, 0.3) is 11.0 Å². The molecular formula is C12H16N2. The Bertz CT molecular complexity index is 455. The van der Waals surface area contributed by atoms with Crippen LogP contribution in [0.4, 0.5) is 0 Å². The number of hydrogen-bond donors (Lipinski definition) is 0. The van der Waals surface area contributed by atoms with Crippen LogP contribution in [0, 0.1) is 13.8 Å². The van der Waals surface area contributed by atoms with Crippen LogP contribution in [0.2, 0.25) is 0 Å².